The minimum absolute atomic E-state index is 0.0515. The molecule has 1 aromatic heterocycles. The van der Waals surface area contributed by atoms with Crippen LogP contribution in [0.5, 0.6) is 11.5 Å². The van der Waals surface area contributed by atoms with Crippen LogP contribution in [0.2, 0.25) is 0 Å². The maximum Gasteiger partial charge on any atom is 0.425 e. The number of amides is 1. The van der Waals surface area contributed by atoms with E-state index in [4.69, 9.17) is 9.47 Å². The SMILES string of the molecule is COc1c(S(C)(=O)=O)ccc(OC(C)C(F)(F)F)c1C(=O)N1CCc2nn(-c3ccc(F)cc3)cc2C1. The zero-order chi connectivity index (χ0) is 27.1. The van der Waals surface area contributed by atoms with E-state index in [1.807, 2.05) is 0 Å². The first-order valence-corrected chi connectivity index (χ1v) is 13.0. The summed E-state index contributed by atoms with van der Waals surface area (Å²) in [7, 11) is -2.77. The Balaban J connectivity index is 1.72. The highest BCUT2D eigenvalue weighted by atomic mass is 32.2. The number of carbonyl (C=O) groups is 1. The van der Waals surface area contributed by atoms with Crippen molar-refractivity contribution < 1.29 is 40.2 Å². The summed E-state index contributed by atoms with van der Waals surface area (Å²) in [5.41, 5.74) is 1.56. The number of hydrogen-bond acceptors (Lipinski definition) is 6. The number of halogens is 4. The Labute approximate surface area is 210 Å². The summed E-state index contributed by atoms with van der Waals surface area (Å²) in [6.07, 6.45) is -4.09. The Morgan fingerprint density at radius 2 is 1.81 bits per heavy atom. The molecule has 0 N–H and O–H groups in total. The van der Waals surface area contributed by atoms with Crippen LogP contribution in [0.4, 0.5) is 17.6 Å². The van der Waals surface area contributed by atoms with Gasteiger partial charge >= 0.3 is 6.18 Å². The van der Waals surface area contributed by atoms with Gasteiger partial charge in [0.2, 0.25) is 0 Å². The van der Waals surface area contributed by atoms with E-state index in [2.05, 4.69) is 5.10 Å². The van der Waals surface area contributed by atoms with E-state index in [0.717, 1.165) is 32.4 Å². The van der Waals surface area contributed by atoms with E-state index < -0.39 is 50.9 Å². The molecule has 4 rings (SSSR count). The van der Waals surface area contributed by atoms with Crippen LogP contribution in [-0.4, -0.2) is 61.2 Å². The molecule has 37 heavy (non-hydrogen) atoms. The summed E-state index contributed by atoms with van der Waals surface area (Å²) in [4.78, 5) is 14.7. The van der Waals surface area contributed by atoms with Crippen molar-refractivity contribution in [1.29, 1.82) is 0 Å². The van der Waals surface area contributed by atoms with Crippen LogP contribution in [0.15, 0.2) is 47.5 Å². The van der Waals surface area contributed by atoms with Gasteiger partial charge in [0, 0.05) is 37.5 Å². The number of carbonyl (C=O) groups excluding carboxylic acids is 1. The lowest BCUT2D eigenvalue weighted by atomic mass is 10.1. The molecular weight excluding hydrogens is 518 g/mol. The van der Waals surface area contributed by atoms with Gasteiger partial charge in [-0.25, -0.2) is 17.5 Å². The van der Waals surface area contributed by atoms with E-state index in [1.54, 1.807) is 23.0 Å². The number of rotatable bonds is 6. The normalized spacial score (nSPS) is 14.7. The van der Waals surface area contributed by atoms with Gasteiger partial charge in [-0.15, -0.1) is 0 Å². The van der Waals surface area contributed by atoms with Crippen molar-refractivity contribution in [3.05, 3.63) is 65.2 Å². The third kappa shape index (κ3) is 5.41. The topological polar surface area (TPSA) is 90.7 Å². The summed E-state index contributed by atoms with van der Waals surface area (Å²) >= 11 is 0. The summed E-state index contributed by atoms with van der Waals surface area (Å²) < 4.78 is 89.4. The molecule has 1 aliphatic rings. The molecule has 3 aromatic rings. The Kier molecular flexibility index (Phi) is 6.93. The largest absolute Gasteiger partial charge is 0.494 e. The number of hydrogen-bond donors (Lipinski definition) is 0. The van der Waals surface area contributed by atoms with Gasteiger partial charge in [-0.1, -0.05) is 0 Å². The van der Waals surface area contributed by atoms with Crippen LogP contribution in [-0.2, 0) is 22.8 Å². The van der Waals surface area contributed by atoms with Gasteiger partial charge in [-0.3, -0.25) is 4.79 Å². The van der Waals surface area contributed by atoms with Crippen LogP contribution in [0, 0.1) is 5.82 Å². The molecule has 8 nitrogen and oxygen atoms in total. The molecule has 0 aliphatic carbocycles. The summed E-state index contributed by atoms with van der Waals surface area (Å²) in [5.74, 6) is -2.01. The number of ether oxygens (including phenoxy) is 2. The van der Waals surface area contributed by atoms with E-state index in [-0.39, 0.29) is 18.0 Å². The van der Waals surface area contributed by atoms with E-state index in [1.165, 1.54) is 17.0 Å². The molecule has 2 heterocycles. The van der Waals surface area contributed by atoms with Crippen molar-refractivity contribution in [2.75, 3.05) is 19.9 Å². The lowest BCUT2D eigenvalue weighted by Crippen LogP contribution is -2.37. The number of methoxy groups -OCH3 is 1. The first kappa shape index (κ1) is 26.5. The van der Waals surface area contributed by atoms with Crippen molar-refractivity contribution in [2.45, 2.75) is 37.1 Å². The summed E-state index contributed by atoms with van der Waals surface area (Å²) in [6.45, 7) is 0.991. The highest BCUT2D eigenvalue weighted by Crippen LogP contribution is 2.38. The standard InChI is InChI=1S/C24H23F4N3O5S/c1-14(24(26,27)28)36-19-8-9-20(37(3,33)34)22(35-2)21(19)23(32)30-11-10-18-15(12-30)13-31(29-18)17-6-4-16(25)5-7-17/h4-9,13-14H,10-12H2,1-3H3. The third-order valence-electron chi connectivity index (χ3n) is 5.90. The van der Waals surface area contributed by atoms with Crippen molar-refractivity contribution in [3.63, 3.8) is 0 Å². The van der Waals surface area contributed by atoms with Crippen molar-refractivity contribution in [2.24, 2.45) is 0 Å². The lowest BCUT2D eigenvalue weighted by molar-refractivity contribution is -0.189. The van der Waals surface area contributed by atoms with Crippen LogP contribution < -0.4 is 9.47 Å². The van der Waals surface area contributed by atoms with Gasteiger partial charge in [0.25, 0.3) is 5.91 Å². The number of alkyl halides is 3. The highest BCUT2D eigenvalue weighted by molar-refractivity contribution is 7.90. The third-order valence-corrected chi connectivity index (χ3v) is 7.02. The summed E-state index contributed by atoms with van der Waals surface area (Å²) in [6, 6.07) is 7.74. The minimum Gasteiger partial charge on any atom is -0.494 e. The maximum atomic E-state index is 13.7. The van der Waals surface area contributed by atoms with E-state index >= 15 is 0 Å². The molecule has 0 bridgehead atoms. The first-order valence-electron chi connectivity index (χ1n) is 11.1. The van der Waals surface area contributed by atoms with Crippen LogP contribution in [0.1, 0.15) is 28.5 Å². The Hall–Kier alpha value is -3.61. The fourth-order valence-electron chi connectivity index (χ4n) is 3.97. The van der Waals surface area contributed by atoms with Gasteiger partial charge in [0.05, 0.1) is 18.5 Å². The number of aromatic nitrogens is 2. The fraction of sp³-hybridized carbons (Fsp3) is 0.333. The molecule has 1 atom stereocenters. The quantitative estimate of drug-likeness (QED) is 0.439. The summed E-state index contributed by atoms with van der Waals surface area (Å²) in [5, 5.41) is 4.48. The number of sulfone groups is 1. The fourth-order valence-corrected chi connectivity index (χ4v) is 4.81. The van der Waals surface area contributed by atoms with E-state index in [9.17, 15) is 30.8 Å². The molecule has 0 fully saturated rings. The highest BCUT2D eigenvalue weighted by Gasteiger charge is 2.40. The van der Waals surface area contributed by atoms with Crippen LogP contribution in [0.25, 0.3) is 5.69 Å². The number of fused-ring (bicyclic) bond motifs is 1. The Morgan fingerprint density at radius 1 is 1.14 bits per heavy atom. The monoisotopic (exact) mass is 541 g/mol. The Morgan fingerprint density at radius 3 is 2.41 bits per heavy atom. The van der Waals surface area contributed by atoms with Gasteiger partial charge in [-0.2, -0.15) is 18.3 Å². The molecule has 198 valence electrons. The molecule has 0 radical (unpaired) electrons. The molecule has 0 saturated carbocycles. The molecular formula is C24H23F4N3O5S. The van der Waals surface area contributed by atoms with E-state index in [0.29, 0.717) is 23.4 Å². The molecule has 1 amide bonds. The predicted octanol–water partition coefficient (Wildman–Crippen LogP) is 3.95. The second-order valence-corrected chi connectivity index (χ2v) is 10.5. The van der Waals surface area contributed by atoms with Crippen LogP contribution >= 0.6 is 0 Å². The predicted molar refractivity (Wildman–Crippen MR) is 124 cm³/mol. The van der Waals surface area contributed by atoms with Gasteiger partial charge < -0.3 is 14.4 Å². The molecule has 2 aromatic carbocycles. The Bertz CT molecular complexity index is 1440. The molecule has 0 saturated heterocycles. The van der Waals surface area contributed by atoms with Crippen molar-refractivity contribution >= 4 is 15.7 Å². The van der Waals surface area contributed by atoms with Crippen LogP contribution in [0.3, 0.4) is 0 Å². The average molecular weight is 542 g/mol. The first-order chi connectivity index (χ1) is 17.3. The zero-order valence-electron chi connectivity index (χ0n) is 20.0. The molecule has 1 unspecified atom stereocenters. The maximum absolute atomic E-state index is 13.7. The molecule has 1 aliphatic heterocycles. The zero-order valence-corrected chi connectivity index (χ0v) is 20.9. The minimum atomic E-state index is -4.72. The second-order valence-electron chi connectivity index (χ2n) is 8.54. The lowest BCUT2D eigenvalue weighted by Gasteiger charge is -2.28. The van der Waals surface area contributed by atoms with Crippen molar-refractivity contribution in [3.8, 4) is 17.2 Å². The average Bonchev–Trinajstić information content (AvgIpc) is 3.25. The molecule has 0 spiro atoms. The van der Waals surface area contributed by atoms with Gasteiger partial charge in [0.15, 0.2) is 21.7 Å². The van der Waals surface area contributed by atoms with Gasteiger partial charge in [0.1, 0.15) is 22.0 Å². The number of nitrogens with zero attached hydrogens (tertiary/aromatic N) is 3. The second kappa shape index (κ2) is 9.69. The van der Waals surface area contributed by atoms with Crippen molar-refractivity contribution in [1.82, 2.24) is 14.7 Å². The molecule has 13 heteroatoms. The number of benzene rings is 2. The van der Waals surface area contributed by atoms with Gasteiger partial charge in [-0.05, 0) is 43.3 Å². The smallest absolute Gasteiger partial charge is 0.425 e.